The van der Waals surface area contributed by atoms with Gasteiger partial charge in [0, 0.05) is 18.1 Å². The number of aliphatic imine (C=N–C) groups is 2. The molecule has 0 N–H and O–H groups in total. The summed E-state index contributed by atoms with van der Waals surface area (Å²) < 4.78 is 0. The van der Waals surface area contributed by atoms with Crippen LogP contribution in [0.5, 0.6) is 0 Å². The van der Waals surface area contributed by atoms with Crippen molar-refractivity contribution >= 4 is 17.1 Å². The molecule has 4 aromatic rings. The van der Waals surface area contributed by atoms with Crippen LogP contribution in [0.4, 0.5) is 0 Å². The zero-order valence-corrected chi connectivity index (χ0v) is 25.5. The van der Waals surface area contributed by atoms with E-state index in [1.807, 2.05) is 0 Å². The van der Waals surface area contributed by atoms with Crippen molar-refractivity contribution < 1.29 is 0 Å². The first-order valence-electron chi connectivity index (χ1n) is 16.7. The molecule has 4 aromatic carbocycles. The molecular weight excluding hydrogens is 532 g/mol. The van der Waals surface area contributed by atoms with Crippen molar-refractivity contribution in [2.45, 2.75) is 63.3 Å². The Bertz CT molecular complexity index is 1870. The average molecular weight is 571 g/mol. The number of rotatable bonds is 3. The number of nitrogens with zero attached hydrogens (tertiary/aromatic N) is 2. The summed E-state index contributed by atoms with van der Waals surface area (Å²) in [4.78, 5) is 11.1. The Morgan fingerprint density at radius 1 is 0.682 bits per heavy atom. The molecule has 0 radical (unpaired) electrons. The maximum Gasteiger partial charge on any atom is 0.131 e. The van der Waals surface area contributed by atoms with Crippen molar-refractivity contribution in [3.05, 3.63) is 148 Å². The summed E-state index contributed by atoms with van der Waals surface area (Å²) in [7, 11) is 0. The van der Waals surface area contributed by atoms with Gasteiger partial charge in [-0.25, -0.2) is 4.99 Å². The summed E-state index contributed by atoms with van der Waals surface area (Å²) in [6, 6.07) is 38.7. The van der Waals surface area contributed by atoms with Crippen LogP contribution in [0.15, 0.2) is 130 Å². The highest BCUT2D eigenvalue weighted by Gasteiger charge is 2.56. The Hall–Kier alpha value is -4.30. The third-order valence-electron chi connectivity index (χ3n) is 11.1. The normalized spacial score (nSPS) is 24.6. The second kappa shape index (κ2) is 10.1. The first kappa shape index (κ1) is 26.1. The molecule has 1 aliphatic heterocycles. The van der Waals surface area contributed by atoms with Crippen LogP contribution >= 0.6 is 0 Å². The zero-order valence-electron chi connectivity index (χ0n) is 25.5. The maximum atomic E-state index is 5.55. The molecule has 4 aliphatic carbocycles. The molecule has 0 fully saturated rings. The molecule has 0 bridgehead atoms. The molecule has 0 amide bonds. The van der Waals surface area contributed by atoms with Crippen molar-refractivity contribution in [2.24, 2.45) is 21.8 Å². The van der Waals surface area contributed by atoms with E-state index in [-0.39, 0.29) is 17.4 Å². The number of hydrogen-bond donors (Lipinski definition) is 0. The second-order valence-corrected chi connectivity index (χ2v) is 13.4. The van der Waals surface area contributed by atoms with Crippen LogP contribution in [0.1, 0.15) is 85.7 Å². The van der Waals surface area contributed by atoms with E-state index in [0.29, 0.717) is 5.92 Å². The van der Waals surface area contributed by atoms with Gasteiger partial charge in [-0.05, 0) is 100 Å². The van der Waals surface area contributed by atoms with E-state index >= 15 is 0 Å². The smallest absolute Gasteiger partial charge is 0.131 e. The largest absolute Gasteiger partial charge is 0.261 e. The van der Waals surface area contributed by atoms with Crippen LogP contribution < -0.4 is 0 Å². The number of amidine groups is 1. The molecule has 216 valence electrons. The van der Waals surface area contributed by atoms with Gasteiger partial charge in [0.2, 0.25) is 0 Å². The highest BCUT2D eigenvalue weighted by atomic mass is 15.0. The Balaban J connectivity index is 1.29. The predicted molar refractivity (Wildman–Crippen MR) is 182 cm³/mol. The molecule has 2 nitrogen and oxygen atoms in total. The van der Waals surface area contributed by atoms with Gasteiger partial charge in [-0.15, -0.1) is 0 Å². The molecule has 2 heteroatoms. The van der Waals surface area contributed by atoms with Gasteiger partial charge >= 0.3 is 0 Å². The van der Waals surface area contributed by atoms with Crippen LogP contribution in [0.3, 0.4) is 0 Å². The standard InChI is InChI=1S/C42H38N2/c1-27-24-25-33(41-43-37(28-14-4-2-5-15-28)26-38(44-41)29-16-6-3-7-17-29)39-32-20-10-13-23-36(32)42(40(27)39)34-21-11-8-18-30(34)31-19-9-12-22-35(31)42/h2,4-5,8-16,18-23,27,33,37H,3,6-7,17,24-26H2,1H3. The molecule has 3 unspecified atom stereocenters. The minimum absolute atomic E-state index is 0.114. The lowest BCUT2D eigenvalue weighted by atomic mass is 9.63. The van der Waals surface area contributed by atoms with E-state index in [9.17, 15) is 0 Å². The van der Waals surface area contributed by atoms with E-state index in [4.69, 9.17) is 9.98 Å². The fourth-order valence-corrected chi connectivity index (χ4v) is 9.27. The Morgan fingerprint density at radius 3 is 2.00 bits per heavy atom. The third-order valence-corrected chi connectivity index (χ3v) is 11.1. The third kappa shape index (κ3) is 3.67. The minimum atomic E-state index is -0.260. The molecule has 1 spiro atoms. The summed E-state index contributed by atoms with van der Waals surface area (Å²) in [5.41, 5.74) is 15.4. The van der Waals surface area contributed by atoms with Gasteiger partial charge in [-0.3, -0.25) is 4.99 Å². The molecular formula is C42H38N2. The molecule has 44 heavy (non-hydrogen) atoms. The van der Waals surface area contributed by atoms with Crippen LogP contribution in [0.2, 0.25) is 0 Å². The van der Waals surface area contributed by atoms with Crippen LogP contribution in [0, 0.1) is 11.8 Å². The quantitative estimate of drug-likeness (QED) is 0.234. The topological polar surface area (TPSA) is 24.7 Å². The average Bonchev–Trinajstić information content (AvgIpc) is 3.57. The van der Waals surface area contributed by atoms with Crippen molar-refractivity contribution in [3.63, 3.8) is 0 Å². The highest BCUT2D eigenvalue weighted by molar-refractivity contribution is 6.13. The first-order chi connectivity index (χ1) is 21.7. The molecule has 0 saturated carbocycles. The van der Waals surface area contributed by atoms with E-state index < -0.39 is 0 Å². The van der Waals surface area contributed by atoms with Crippen LogP contribution in [-0.4, -0.2) is 11.5 Å². The minimum Gasteiger partial charge on any atom is -0.261 e. The SMILES string of the molecule is CC1CCC(C2=NC(c3ccccc3)CC(C3=CCCCC3)=N2)C2=C1C1(c3ccccc32)c2ccccc2-c2ccccc21. The maximum absolute atomic E-state index is 5.55. The molecule has 0 saturated heterocycles. The molecule has 3 atom stereocenters. The first-order valence-corrected chi connectivity index (χ1v) is 16.7. The van der Waals surface area contributed by atoms with Crippen LogP contribution in [0.25, 0.3) is 16.7 Å². The summed E-state index contributed by atoms with van der Waals surface area (Å²) in [5, 5.41) is 0. The van der Waals surface area contributed by atoms with Crippen molar-refractivity contribution in [3.8, 4) is 11.1 Å². The van der Waals surface area contributed by atoms with Crippen molar-refractivity contribution in [2.75, 3.05) is 0 Å². The van der Waals surface area contributed by atoms with Gasteiger partial charge in [0.05, 0.1) is 11.5 Å². The second-order valence-electron chi connectivity index (χ2n) is 13.4. The molecule has 5 aliphatic rings. The Morgan fingerprint density at radius 2 is 1.32 bits per heavy atom. The molecule has 1 heterocycles. The van der Waals surface area contributed by atoms with Gasteiger partial charge in [0.15, 0.2) is 0 Å². The van der Waals surface area contributed by atoms with E-state index in [2.05, 4.69) is 116 Å². The predicted octanol–water partition coefficient (Wildman–Crippen LogP) is 10.3. The monoisotopic (exact) mass is 570 g/mol. The van der Waals surface area contributed by atoms with E-state index in [0.717, 1.165) is 31.5 Å². The van der Waals surface area contributed by atoms with Gasteiger partial charge in [-0.2, -0.15) is 0 Å². The Kier molecular flexibility index (Phi) is 6.01. The fraction of sp³-hybridized carbons (Fsp3) is 0.286. The van der Waals surface area contributed by atoms with Gasteiger partial charge in [0.25, 0.3) is 0 Å². The lowest BCUT2D eigenvalue weighted by molar-refractivity contribution is 0.487. The van der Waals surface area contributed by atoms with Crippen molar-refractivity contribution in [1.29, 1.82) is 0 Å². The Labute approximate surface area is 261 Å². The van der Waals surface area contributed by atoms with Crippen LogP contribution in [-0.2, 0) is 5.41 Å². The van der Waals surface area contributed by atoms with Gasteiger partial charge < -0.3 is 0 Å². The molecule has 0 aromatic heterocycles. The van der Waals surface area contributed by atoms with Gasteiger partial charge in [-0.1, -0.05) is 116 Å². The van der Waals surface area contributed by atoms with Gasteiger partial charge in [0.1, 0.15) is 5.84 Å². The fourth-order valence-electron chi connectivity index (χ4n) is 9.27. The lowest BCUT2D eigenvalue weighted by Gasteiger charge is -2.39. The number of hydrogen-bond acceptors (Lipinski definition) is 2. The number of benzene rings is 4. The zero-order chi connectivity index (χ0) is 29.3. The molecule has 9 rings (SSSR count). The number of fused-ring (bicyclic) bond motifs is 9. The summed E-state index contributed by atoms with van der Waals surface area (Å²) in [5.74, 6) is 1.70. The van der Waals surface area contributed by atoms with E-state index in [1.54, 1.807) is 5.57 Å². The lowest BCUT2D eigenvalue weighted by Crippen LogP contribution is -2.33. The van der Waals surface area contributed by atoms with Crippen molar-refractivity contribution in [1.82, 2.24) is 0 Å². The van der Waals surface area contributed by atoms with E-state index in [1.165, 1.54) is 75.1 Å². The summed E-state index contributed by atoms with van der Waals surface area (Å²) in [6.45, 7) is 2.47. The number of allylic oxidation sites excluding steroid dienone is 3. The summed E-state index contributed by atoms with van der Waals surface area (Å²) >= 11 is 0. The summed E-state index contributed by atoms with van der Waals surface area (Å²) in [6.07, 6.45) is 10.5. The highest BCUT2D eigenvalue weighted by Crippen LogP contribution is 2.66.